The average molecular weight is 1160 g/mol. The summed E-state index contributed by atoms with van der Waals surface area (Å²) in [6.07, 6.45) is 3.17. The first-order valence-electron chi connectivity index (χ1n) is 28.6. The number of pyridine rings is 1. The molecule has 3 saturated heterocycles. The number of likely N-dealkylation sites (tertiary alicyclic amines) is 2. The highest BCUT2D eigenvalue weighted by Gasteiger charge is 2.43. The summed E-state index contributed by atoms with van der Waals surface area (Å²) in [6.45, 7) is 10.9. The van der Waals surface area contributed by atoms with Crippen LogP contribution in [0.3, 0.4) is 0 Å². The Morgan fingerprint density at radius 3 is 2.28 bits per heavy atom. The number of nitrogens with two attached hydrogens (primary N) is 1. The number of aryl methyl sites for hydroxylation is 1. The van der Waals surface area contributed by atoms with E-state index in [0.717, 1.165) is 56.0 Å². The van der Waals surface area contributed by atoms with Crippen LogP contribution in [-0.2, 0) is 25.5 Å². The standard InChI is InChI=1S/C38H50N6O5.C10H13N5O4.C10H21NO4/c1-38(2,3)43-37(49)32-20-26-14-7-8-15-27(26)22-44(32)23-33(45)30(19-24-11-5-4-6-12-24)41-36(48)31(21-34(39)46)42-35(47)29-18-17-25-13-9-10-16-28(25)40-29;1-5-3-15(10(18)12-9(5)17)8-2-6(13-14-11)7(4-16)19-8;1-2-3-4-11-5-8(13)10(15)9(14)7(11)6-12/h4-6,9-13,16-18,26-27,30-33,45H,7-8,14-15,19-23H2,1-3H3,(H2,39,46)(H,41,48)(H,42,47)(H,43,49);3,6-8,16H,2,4H2,1H3,(H,12,17,18);7-10,12-15H,2-6H2,1H3/t26-,27+,30-,31?,32-,33+;6-,7+,8+;7-,8+,9-,10-/m001/s1. The van der Waals surface area contributed by atoms with Crippen LogP contribution in [0.2, 0.25) is 0 Å². The molecular formula is C58H84N12O13. The quantitative estimate of drug-likeness (QED) is 0.0359. The Kier molecular flexibility index (Phi) is 24.3. The van der Waals surface area contributed by atoms with Crippen LogP contribution in [-0.4, -0.2) is 184 Å². The number of unbranched alkanes of at least 4 members (excludes halogenated alkanes) is 1. The lowest BCUT2D eigenvalue weighted by atomic mass is 9.72. The number of piperidine rings is 2. The largest absolute Gasteiger partial charge is 0.395 e. The number of fused-ring (bicyclic) bond motifs is 2. The predicted molar refractivity (Wildman–Crippen MR) is 308 cm³/mol. The molecule has 4 fully saturated rings. The predicted octanol–water partition coefficient (Wildman–Crippen LogP) is 1.44. The molecule has 25 nitrogen and oxygen atoms in total. The van der Waals surface area contributed by atoms with Gasteiger partial charge in [0.15, 0.2) is 0 Å². The Morgan fingerprint density at radius 2 is 1.61 bits per heavy atom. The van der Waals surface area contributed by atoms with Crippen LogP contribution in [0.4, 0.5) is 0 Å². The first-order chi connectivity index (χ1) is 39.5. The van der Waals surface area contributed by atoms with Gasteiger partial charge in [-0.05, 0) is 95.0 Å². The number of amides is 4. The lowest BCUT2D eigenvalue weighted by Crippen LogP contribution is -2.62. The topological polar surface area (TPSA) is 384 Å². The number of rotatable bonds is 19. The zero-order chi connectivity index (χ0) is 60.5. The summed E-state index contributed by atoms with van der Waals surface area (Å²) in [4.78, 5) is 89.0. The van der Waals surface area contributed by atoms with Crippen molar-refractivity contribution in [1.29, 1.82) is 0 Å². The Balaban J connectivity index is 0.000000263. The van der Waals surface area contributed by atoms with E-state index in [2.05, 4.69) is 47.8 Å². The smallest absolute Gasteiger partial charge is 0.330 e. The van der Waals surface area contributed by atoms with E-state index in [1.165, 1.54) is 17.2 Å². The lowest BCUT2D eigenvalue weighted by molar-refractivity contribution is -0.145. The fourth-order valence-electron chi connectivity index (χ4n) is 11.3. The molecule has 2 aromatic carbocycles. The fraction of sp³-hybridized carbons (Fsp3) is 0.603. The van der Waals surface area contributed by atoms with Gasteiger partial charge in [-0.25, -0.2) is 9.78 Å². The SMILES string of the molecule is CC(C)(C)NC(=O)[C@@H]1C[C@@H]2CCCC[C@@H]2CN1C[C@@H](O)[C@H](Cc1ccccc1)NC(=O)C(CC(N)=O)NC(=O)c1ccc2ccccc2n1.CCCCN1C[C@H](O)[C@@H](O)[C@H](O)[C@H]1CO.Cc1cn([C@H]2C[C@H](N=[N+]=[N-])[C@@H](CO)O2)c(=O)[nH]c1=O. The molecule has 4 aliphatic rings. The van der Waals surface area contributed by atoms with Crippen molar-refractivity contribution in [2.75, 3.05) is 39.4 Å². The molecule has 83 heavy (non-hydrogen) atoms. The normalized spacial score (nSPS) is 25.6. The minimum atomic E-state index is -1.30. The van der Waals surface area contributed by atoms with E-state index in [1.54, 1.807) is 25.1 Å². The zero-order valence-corrected chi connectivity index (χ0v) is 48.0. The van der Waals surface area contributed by atoms with E-state index in [0.29, 0.717) is 36.0 Å². The Morgan fingerprint density at radius 1 is 0.916 bits per heavy atom. The van der Waals surface area contributed by atoms with Gasteiger partial charge in [-0.1, -0.05) is 92.3 Å². The first kappa shape index (κ1) is 65.5. The van der Waals surface area contributed by atoms with Crippen molar-refractivity contribution in [3.63, 3.8) is 0 Å². The van der Waals surface area contributed by atoms with Crippen molar-refractivity contribution in [3.8, 4) is 0 Å². The molecule has 8 rings (SSSR count). The van der Waals surface area contributed by atoms with Gasteiger partial charge < -0.3 is 57.1 Å². The van der Waals surface area contributed by atoms with Crippen LogP contribution in [0.15, 0.2) is 87.6 Å². The number of carbonyl (C=O) groups is 4. The number of aromatic amines is 1. The van der Waals surface area contributed by atoms with Crippen LogP contribution in [0.5, 0.6) is 0 Å². The van der Waals surface area contributed by atoms with Crippen molar-refractivity contribution in [1.82, 2.24) is 40.3 Å². The zero-order valence-electron chi connectivity index (χ0n) is 48.0. The molecule has 1 saturated carbocycles. The number of β-amino-alcohol motifs (C(OH)–C–C–N with tert-alkyl or cyclic N) is 2. The minimum Gasteiger partial charge on any atom is -0.395 e. The number of aliphatic hydroxyl groups excluding tert-OH is 6. The number of aromatic nitrogens is 3. The maximum Gasteiger partial charge on any atom is 0.330 e. The molecule has 1 aliphatic carbocycles. The number of nitrogens with one attached hydrogen (secondary N) is 4. The van der Waals surface area contributed by atoms with E-state index < -0.39 is 108 Å². The second-order valence-electron chi connectivity index (χ2n) is 23.2. The molecule has 3 aliphatic heterocycles. The molecule has 25 heteroatoms. The van der Waals surface area contributed by atoms with Crippen LogP contribution in [0, 0.1) is 18.8 Å². The number of hydrogen-bond donors (Lipinski definition) is 11. The number of hydrogen-bond acceptors (Lipinski definition) is 17. The summed E-state index contributed by atoms with van der Waals surface area (Å²) in [5.41, 5.74) is 14.5. The number of primary amides is 1. The molecule has 0 radical (unpaired) electrons. The first-order valence-corrected chi connectivity index (χ1v) is 28.6. The van der Waals surface area contributed by atoms with Crippen LogP contribution in [0.25, 0.3) is 21.3 Å². The summed E-state index contributed by atoms with van der Waals surface area (Å²) in [7, 11) is 0. The number of carbonyl (C=O) groups excluding carboxylic acids is 4. The van der Waals surface area contributed by atoms with Gasteiger partial charge in [0.1, 0.15) is 30.2 Å². The second-order valence-corrected chi connectivity index (χ2v) is 23.2. The summed E-state index contributed by atoms with van der Waals surface area (Å²) in [5.74, 6) is -1.20. The Hall–Kier alpha value is -6.64. The summed E-state index contributed by atoms with van der Waals surface area (Å²) in [5, 5.41) is 71.8. The van der Waals surface area contributed by atoms with Gasteiger partial charge in [0, 0.05) is 53.7 Å². The Bertz CT molecular complexity index is 2950. The monoisotopic (exact) mass is 1160 g/mol. The molecule has 12 N–H and O–H groups in total. The number of benzene rings is 2. The van der Waals surface area contributed by atoms with Crippen molar-refractivity contribution in [3.05, 3.63) is 121 Å². The number of azide groups is 1. The molecule has 1 unspecified atom stereocenters. The van der Waals surface area contributed by atoms with E-state index in [9.17, 15) is 49.2 Å². The van der Waals surface area contributed by atoms with E-state index >= 15 is 0 Å². The van der Waals surface area contributed by atoms with Crippen molar-refractivity contribution in [2.24, 2.45) is 22.7 Å². The molecule has 4 aromatic rings. The molecule has 454 valence electrons. The highest BCUT2D eigenvalue weighted by molar-refractivity contribution is 5.99. The van der Waals surface area contributed by atoms with Crippen LogP contribution >= 0.6 is 0 Å². The van der Waals surface area contributed by atoms with Gasteiger partial charge in [0.2, 0.25) is 17.7 Å². The van der Waals surface area contributed by atoms with Crippen LogP contribution < -0.4 is 32.9 Å². The lowest BCUT2D eigenvalue weighted by Gasteiger charge is -2.47. The number of nitrogens with zero attached hydrogens (tertiary/aromatic N) is 7. The molecular weight excluding hydrogens is 1070 g/mol. The van der Waals surface area contributed by atoms with E-state index in [1.807, 2.05) is 74.2 Å². The maximum absolute atomic E-state index is 13.8. The van der Waals surface area contributed by atoms with E-state index in [-0.39, 0.29) is 44.2 Å². The van der Waals surface area contributed by atoms with Crippen LogP contribution in [0.1, 0.15) is 113 Å². The van der Waals surface area contributed by atoms with Gasteiger partial charge in [-0.2, -0.15) is 0 Å². The van der Waals surface area contributed by atoms with Gasteiger partial charge in [0.25, 0.3) is 11.5 Å². The maximum atomic E-state index is 13.8. The Labute approximate surface area is 482 Å². The van der Waals surface area contributed by atoms with Gasteiger partial charge in [-0.15, -0.1) is 0 Å². The third kappa shape index (κ3) is 18.4. The molecule has 4 amide bonds. The highest BCUT2D eigenvalue weighted by Crippen LogP contribution is 2.39. The van der Waals surface area contributed by atoms with Gasteiger partial charge >= 0.3 is 5.69 Å². The van der Waals surface area contributed by atoms with Gasteiger partial charge in [0.05, 0.1) is 67.6 Å². The number of ether oxygens (including phenoxy) is 1. The second kappa shape index (κ2) is 30.8. The fourth-order valence-corrected chi connectivity index (χ4v) is 11.3. The van der Waals surface area contributed by atoms with Gasteiger partial charge in [-0.3, -0.25) is 43.3 Å². The number of H-pyrrole nitrogens is 1. The minimum absolute atomic E-state index is 0.0566. The summed E-state index contributed by atoms with van der Waals surface area (Å²) >= 11 is 0. The van der Waals surface area contributed by atoms with Crippen molar-refractivity contribution >= 4 is 34.5 Å². The van der Waals surface area contributed by atoms with Crippen molar-refractivity contribution < 1.29 is 54.6 Å². The third-order valence-corrected chi connectivity index (χ3v) is 15.7. The van der Waals surface area contributed by atoms with Crippen molar-refractivity contribution in [2.45, 2.75) is 171 Å². The molecule has 0 spiro atoms. The summed E-state index contributed by atoms with van der Waals surface area (Å²) < 4.78 is 6.69. The molecule has 2 aromatic heterocycles. The van der Waals surface area contributed by atoms with E-state index in [4.69, 9.17) is 26.2 Å². The molecule has 13 atom stereocenters. The number of aliphatic hydroxyl groups is 6. The summed E-state index contributed by atoms with van der Waals surface area (Å²) in [6, 6.07) is 16.6. The average Bonchev–Trinajstić information content (AvgIpc) is 3.91. The highest BCUT2D eigenvalue weighted by atomic mass is 16.5. The molecule has 5 heterocycles. The third-order valence-electron chi connectivity index (χ3n) is 15.7. The number of para-hydroxylation sites is 1. The molecule has 0 bridgehead atoms.